The predicted octanol–water partition coefficient (Wildman–Crippen LogP) is 1.99. The Morgan fingerprint density at radius 1 is 1.17 bits per heavy atom. The Labute approximate surface area is 144 Å². The van der Waals surface area contributed by atoms with E-state index in [-0.39, 0.29) is 5.54 Å². The highest BCUT2D eigenvalue weighted by molar-refractivity contribution is 5.76. The molecule has 3 aliphatic rings. The molecule has 0 N–H and O–H groups in total. The first kappa shape index (κ1) is 15.9. The SMILES string of the molecule is CN1CCN(c2ccncc2)C[C@]12CCC(=O)N(CC1CC1)CC2. The van der Waals surface area contributed by atoms with E-state index >= 15 is 0 Å². The molecule has 2 aliphatic heterocycles. The van der Waals surface area contributed by atoms with Crippen molar-refractivity contribution in [2.24, 2.45) is 5.92 Å². The van der Waals surface area contributed by atoms with Crippen molar-refractivity contribution in [2.75, 3.05) is 44.7 Å². The monoisotopic (exact) mass is 328 g/mol. The van der Waals surface area contributed by atoms with Gasteiger partial charge in [-0.15, -0.1) is 0 Å². The van der Waals surface area contributed by atoms with Crippen LogP contribution in [0.3, 0.4) is 0 Å². The molecule has 1 saturated carbocycles. The van der Waals surface area contributed by atoms with Gasteiger partial charge in [-0.3, -0.25) is 14.7 Å². The summed E-state index contributed by atoms with van der Waals surface area (Å²) in [7, 11) is 2.24. The molecule has 3 heterocycles. The fraction of sp³-hybridized carbons (Fsp3) is 0.684. The van der Waals surface area contributed by atoms with Crippen LogP contribution in [-0.4, -0.2) is 66.0 Å². The number of likely N-dealkylation sites (N-methyl/N-ethyl adjacent to an activating group) is 1. The minimum absolute atomic E-state index is 0.121. The van der Waals surface area contributed by atoms with Crippen LogP contribution in [0.15, 0.2) is 24.5 Å². The zero-order valence-corrected chi connectivity index (χ0v) is 14.7. The van der Waals surface area contributed by atoms with Crippen LogP contribution in [0.4, 0.5) is 5.69 Å². The number of anilines is 1. The molecular weight excluding hydrogens is 300 g/mol. The van der Waals surface area contributed by atoms with Crippen LogP contribution in [-0.2, 0) is 4.79 Å². The zero-order chi connectivity index (χ0) is 16.6. The van der Waals surface area contributed by atoms with Crippen molar-refractivity contribution in [3.8, 4) is 0 Å². The lowest BCUT2D eigenvalue weighted by Gasteiger charge is -2.50. The highest BCUT2D eigenvalue weighted by atomic mass is 16.2. The van der Waals surface area contributed by atoms with Crippen molar-refractivity contribution in [3.05, 3.63) is 24.5 Å². The number of pyridine rings is 1. The second-order valence-corrected chi connectivity index (χ2v) is 7.81. The lowest BCUT2D eigenvalue weighted by atomic mass is 9.86. The largest absolute Gasteiger partial charge is 0.368 e. The second kappa shape index (κ2) is 6.36. The van der Waals surface area contributed by atoms with E-state index in [2.05, 4.69) is 38.9 Å². The molecule has 24 heavy (non-hydrogen) atoms. The summed E-state index contributed by atoms with van der Waals surface area (Å²) in [5.74, 6) is 1.15. The van der Waals surface area contributed by atoms with Gasteiger partial charge in [0, 0.05) is 62.8 Å². The molecule has 4 rings (SSSR count). The molecule has 1 aliphatic carbocycles. The Bertz CT molecular complexity index is 588. The fourth-order valence-corrected chi connectivity index (χ4v) is 4.27. The van der Waals surface area contributed by atoms with Gasteiger partial charge in [-0.1, -0.05) is 0 Å². The van der Waals surface area contributed by atoms with Crippen molar-refractivity contribution in [1.29, 1.82) is 0 Å². The third-order valence-corrected chi connectivity index (χ3v) is 6.21. The Morgan fingerprint density at radius 2 is 1.96 bits per heavy atom. The van der Waals surface area contributed by atoms with Gasteiger partial charge >= 0.3 is 0 Å². The molecule has 0 radical (unpaired) electrons. The fourth-order valence-electron chi connectivity index (χ4n) is 4.27. The molecule has 5 nitrogen and oxygen atoms in total. The first-order chi connectivity index (χ1) is 11.7. The maximum absolute atomic E-state index is 12.5. The highest BCUT2D eigenvalue weighted by Crippen LogP contribution is 2.36. The van der Waals surface area contributed by atoms with Gasteiger partial charge in [0.1, 0.15) is 0 Å². The molecule has 1 amide bonds. The zero-order valence-electron chi connectivity index (χ0n) is 14.7. The van der Waals surface area contributed by atoms with E-state index in [1.54, 1.807) is 0 Å². The van der Waals surface area contributed by atoms with Crippen LogP contribution in [0.2, 0.25) is 0 Å². The summed E-state index contributed by atoms with van der Waals surface area (Å²) in [6.07, 6.45) is 9.12. The predicted molar refractivity (Wildman–Crippen MR) is 95.0 cm³/mol. The number of rotatable bonds is 3. The Balaban J connectivity index is 1.50. The smallest absolute Gasteiger partial charge is 0.222 e. The molecule has 0 unspecified atom stereocenters. The van der Waals surface area contributed by atoms with Gasteiger partial charge in [0.25, 0.3) is 0 Å². The number of amides is 1. The molecule has 130 valence electrons. The Hall–Kier alpha value is -1.62. The van der Waals surface area contributed by atoms with Crippen molar-refractivity contribution >= 4 is 11.6 Å². The number of hydrogen-bond donors (Lipinski definition) is 0. The van der Waals surface area contributed by atoms with Crippen molar-refractivity contribution in [3.63, 3.8) is 0 Å². The first-order valence-electron chi connectivity index (χ1n) is 9.30. The van der Waals surface area contributed by atoms with E-state index in [0.29, 0.717) is 12.3 Å². The van der Waals surface area contributed by atoms with E-state index in [9.17, 15) is 4.79 Å². The second-order valence-electron chi connectivity index (χ2n) is 7.81. The van der Waals surface area contributed by atoms with Crippen LogP contribution in [0.25, 0.3) is 0 Å². The van der Waals surface area contributed by atoms with E-state index in [4.69, 9.17) is 0 Å². The Morgan fingerprint density at radius 3 is 2.71 bits per heavy atom. The number of piperazine rings is 1. The number of hydrogen-bond acceptors (Lipinski definition) is 4. The standard InChI is InChI=1S/C19H28N4O/c1-21-12-13-23(17-5-9-20-10-6-17)15-19(21)7-4-18(24)22(11-8-19)14-16-2-3-16/h5-6,9-10,16H,2-4,7-8,11-15H2,1H3/t19-/m1/s1. The third-order valence-electron chi connectivity index (χ3n) is 6.21. The molecule has 2 saturated heterocycles. The summed E-state index contributed by atoms with van der Waals surface area (Å²) in [5, 5.41) is 0. The van der Waals surface area contributed by atoms with E-state index in [0.717, 1.165) is 51.5 Å². The number of aromatic nitrogens is 1. The summed E-state index contributed by atoms with van der Waals surface area (Å²) in [6, 6.07) is 4.19. The van der Waals surface area contributed by atoms with Crippen molar-refractivity contribution in [2.45, 2.75) is 37.6 Å². The number of carbonyl (C=O) groups excluding carboxylic acids is 1. The number of carbonyl (C=O) groups is 1. The van der Waals surface area contributed by atoms with Crippen LogP contribution in [0.1, 0.15) is 32.1 Å². The van der Waals surface area contributed by atoms with Crippen LogP contribution in [0.5, 0.6) is 0 Å². The third kappa shape index (κ3) is 3.14. The van der Waals surface area contributed by atoms with E-state index in [1.165, 1.54) is 18.5 Å². The molecule has 3 fully saturated rings. The number of likely N-dealkylation sites (tertiary alicyclic amines) is 1. The molecule has 1 aromatic rings. The van der Waals surface area contributed by atoms with Crippen LogP contribution < -0.4 is 4.90 Å². The molecule has 1 atom stereocenters. The molecule has 1 spiro atoms. The molecule has 5 heteroatoms. The summed E-state index contributed by atoms with van der Waals surface area (Å²) in [6.45, 7) is 5.02. The molecular formula is C19H28N4O. The average molecular weight is 328 g/mol. The maximum atomic E-state index is 12.5. The van der Waals surface area contributed by atoms with E-state index < -0.39 is 0 Å². The quantitative estimate of drug-likeness (QED) is 0.851. The normalized spacial score (nSPS) is 29.1. The maximum Gasteiger partial charge on any atom is 0.222 e. The molecule has 0 bridgehead atoms. The molecule has 1 aromatic heterocycles. The lowest BCUT2D eigenvalue weighted by molar-refractivity contribution is -0.130. The van der Waals surface area contributed by atoms with Crippen LogP contribution >= 0.6 is 0 Å². The summed E-state index contributed by atoms with van der Waals surface area (Å²) >= 11 is 0. The van der Waals surface area contributed by atoms with Gasteiger partial charge < -0.3 is 9.80 Å². The highest BCUT2D eigenvalue weighted by Gasteiger charge is 2.42. The first-order valence-corrected chi connectivity index (χ1v) is 9.30. The average Bonchev–Trinajstić information content (AvgIpc) is 3.44. The summed E-state index contributed by atoms with van der Waals surface area (Å²) < 4.78 is 0. The number of nitrogens with zero attached hydrogens (tertiary/aromatic N) is 4. The van der Waals surface area contributed by atoms with Gasteiger partial charge in [0.2, 0.25) is 5.91 Å². The molecule has 0 aromatic carbocycles. The summed E-state index contributed by atoms with van der Waals surface area (Å²) in [4.78, 5) is 23.8. The van der Waals surface area contributed by atoms with E-state index in [1.807, 2.05) is 12.4 Å². The minimum atomic E-state index is 0.121. The summed E-state index contributed by atoms with van der Waals surface area (Å²) in [5.41, 5.74) is 1.37. The Kier molecular flexibility index (Phi) is 4.21. The lowest BCUT2D eigenvalue weighted by Crippen LogP contribution is -2.61. The van der Waals surface area contributed by atoms with Gasteiger partial charge in [-0.2, -0.15) is 0 Å². The topological polar surface area (TPSA) is 39.7 Å². The van der Waals surface area contributed by atoms with Crippen molar-refractivity contribution < 1.29 is 4.79 Å². The van der Waals surface area contributed by atoms with Gasteiger partial charge in [-0.25, -0.2) is 0 Å². The van der Waals surface area contributed by atoms with Gasteiger partial charge in [0.05, 0.1) is 0 Å². The van der Waals surface area contributed by atoms with Crippen LogP contribution in [0, 0.1) is 5.92 Å². The van der Waals surface area contributed by atoms with Gasteiger partial charge in [-0.05, 0) is 50.8 Å². The minimum Gasteiger partial charge on any atom is -0.368 e. The van der Waals surface area contributed by atoms with Crippen molar-refractivity contribution in [1.82, 2.24) is 14.8 Å². The van der Waals surface area contributed by atoms with Gasteiger partial charge in [0.15, 0.2) is 0 Å².